The maximum atomic E-state index is 13.7. The zero-order valence-corrected chi connectivity index (χ0v) is 20.6. The molecule has 190 valence electrons. The lowest BCUT2D eigenvalue weighted by molar-refractivity contribution is -0.137. The van der Waals surface area contributed by atoms with Crippen molar-refractivity contribution in [3.63, 3.8) is 0 Å². The monoisotopic (exact) mass is 496 g/mol. The highest BCUT2D eigenvalue weighted by Crippen LogP contribution is 2.33. The van der Waals surface area contributed by atoms with E-state index < -0.39 is 11.7 Å². The summed E-state index contributed by atoms with van der Waals surface area (Å²) in [5, 5.41) is 0.847. The fourth-order valence-corrected chi connectivity index (χ4v) is 5.57. The van der Waals surface area contributed by atoms with Crippen molar-refractivity contribution >= 4 is 28.3 Å². The fraction of sp³-hybridized carbons (Fsp3) is 0.429. The summed E-state index contributed by atoms with van der Waals surface area (Å²) in [5.41, 5.74) is 1.37. The topological polar surface area (TPSA) is 39.7 Å². The van der Waals surface area contributed by atoms with Gasteiger partial charge in [0.1, 0.15) is 5.82 Å². The van der Waals surface area contributed by atoms with Crippen molar-refractivity contribution in [3.8, 4) is 0 Å². The molecule has 5 nitrogen and oxygen atoms in total. The van der Waals surface area contributed by atoms with Crippen LogP contribution in [0, 0.1) is 11.8 Å². The second-order valence-corrected chi connectivity index (χ2v) is 10.2. The molecule has 3 heterocycles. The molecule has 2 aliphatic heterocycles. The smallest absolute Gasteiger partial charge is 0.368 e. The predicted molar refractivity (Wildman–Crippen MR) is 136 cm³/mol. The van der Waals surface area contributed by atoms with E-state index in [0.717, 1.165) is 42.3 Å². The number of benzene rings is 2. The van der Waals surface area contributed by atoms with Crippen LogP contribution in [0.5, 0.6) is 0 Å². The molecule has 0 aliphatic carbocycles. The van der Waals surface area contributed by atoms with Gasteiger partial charge >= 0.3 is 6.18 Å². The van der Waals surface area contributed by atoms with Crippen molar-refractivity contribution in [2.24, 2.45) is 11.8 Å². The zero-order valence-electron chi connectivity index (χ0n) is 20.6. The highest BCUT2D eigenvalue weighted by molar-refractivity contribution is 6.07. The van der Waals surface area contributed by atoms with Crippen LogP contribution in [0.2, 0.25) is 0 Å². The summed E-state index contributed by atoms with van der Waals surface area (Å²) < 4.78 is 39.5. The van der Waals surface area contributed by atoms with E-state index in [0.29, 0.717) is 49.3 Å². The number of alkyl halides is 3. The average molecular weight is 497 g/mol. The number of carbonyl (C=O) groups excluding carboxylic acids is 1. The van der Waals surface area contributed by atoms with Crippen LogP contribution in [0.1, 0.15) is 36.2 Å². The van der Waals surface area contributed by atoms with Gasteiger partial charge in [0.2, 0.25) is 0 Å². The molecule has 36 heavy (non-hydrogen) atoms. The normalized spacial score (nSPS) is 21.2. The van der Waals surface area contributed by atoms with Crippen molar-refractivity contribution in [1.29, 1.82) is 0 Å². The highest BCUT2D eigenvalue weighted by Gasteiger charge is 2.32. The third-order valence-corrected chi connectivity index (χ3v) is 7.23. The summed E-state index contributed by atoms with van der Waals surface area (Å²) in [6, 6.07) is 15.1. The number of carbonyl (C=O) groups is 1. The number of rotatable bonds is 3. The van der Waals surface area contributed by atoms with E-state index in [1.54, 1.807) is 6.07 Å². The summed E-state index contributed by atoms with van der Waals surface area (Å²) in [7, 11) is 0. The third-order valence-electron chi connectivity index (χ3n) is 7.23. The first-order chi connectivity index (χ1) is 17.2. The van der Waals surface area contributed by atoms with Gasteiger partial charge in [-0.3, -0.25) is 4.79 Å². The van der Waals surface area contributed by atoms with E-state index in [2.05, 4.69) is 18.7 Å². The van der Waals surface area contributed by atoms with E-state index in [4.69, 9.17) is 4.98 Å². The second-order valence-electron chi connectivity index (χ2n) is 10.2. The Morgan fingerprint density at radius 3 is 2.25 bits per heavy atom. The second kappa shape index (κ2) is 9.64. The Morgan fingerprint density at radius 1 is 0.889 bits per heavy atom. The number of aromatic nitrogens is 1. The molecule has 1 aromatic heterocycles. The Hall–Kier alpha value is -3.29. The molecule has 2 aromatic carbocycles. The minimum absolute atomic E-state index is 0.0378. The molecule has 2 saturated heterocycles. The Morgan fingerprint density at radius 2 is 1.56 bits per heavy atom. The molecule has 2 unspecified atom stereocenters. The van der Waals surface area contributed by atoms with Gasteiger partial charge in [-0.25, -0.2) is 4.98 Å². The van der Waals surface area contributed by atoms with Gasteiger partial charge in [0, 0.05) is 50.3 Å². The summed E-state index contributed by atoms with van der Waals surface area (Å²) in [5.74, 6) is 1.71. The van der Waals surface area contributed by atoms with Gasteiger partial charge in [0.05, 0.1) is 16.6 Å². The first-order valence-electron chi connectivity index (χ1n) is 12.6. The van der Waals surface area contributed by atoms with E-state index in [-0.39, 0.29) is 5.91 Å². The molecule has 0 saturated carbocycles. The van der Waals surface area contributed by atoms with Gasteiger partial charge in [0.15, 0.2) is 0 Å². The predicted octanol–water partition coefficient (Wildman–Crippen LogP) is 5.70. The standard InChI is InChI=1S/C28H31F3N4O/c1-19-14-20(2)18-35(17-19)27(36)24-16-26(32-25-9-4-3-8-23(24)25)34-12-10-33(11-13-34)22-7-5-6-21(15-22)28(29,30)31/h3-9,15-16,19-20H,10-14,17-18H2,1-2H3. The van der Waals surface area contributed by atoms with Crippen molar-refractivity contribution in [2.45, 2.75) is 26.4 Å². The van der Waals surface area contributed by atoms with Crippen molar-refractivity contribution in [3.05, 3.63) is 65.7 Å². The average Bonchev–Trinajstić information content (AvgIpc) is 2.87. The van der Waals surface area contributed by atoms with Crippen molar-refractivity contribution in [2.75, 3.05) is 49.1 Å². The largest absolute Gasteiger partial charge is 0.416 e. The number of pyridine rings is 1. The number of para-hydroxylation sites is 1. The number of amides is 1. The molecular formula is C28H31F3N4O. The lowest BCUT2D eigenvalue weighted by Gasteiger charge is -2.37. The third kappa shape index (κ3) is 4.99. The number of nitrogens with zero attached hydrogens (tertiary/aromatic N) is 4. The molecule has 0 N–H and O–H groups in total. The number of anilines is 2. The number of fused-ring (bicyclic) bond motifs is 1. The molecule has 0 bridgehead atoms. The minimum atomic E-state index is -4.36. The summed E-state index contributed by atoms with van der Waals surface area (Å²) in [4.78, 5) is 24.6. The Kier molecular flexibility index (Phi) is 6.53. The molecule has 0 spiro atoms. The first-order valence-corrected chi connectivity index (χ1v) is 12.6. The van der Waals surface area contributed by atoms with Gasteiger partial charge < -0.3 is 14.7 Å². The van der Waals surface area contributed by atoms with Crippen LogP contribution in [0.3, 0.4) is 0 Å². The molecule has 1 amide bonds. The number of halogens is 3. The Bertz CT molecular complexity index is 1240. The van der Waals surface area contributed by atoms with Crippen molar-refractivity contribution < 1.29 is 18.0 Å². The molecule has 3 aromatic rings. The lowest BCUT2D eigenvalue weighted by Crippen LogP contribution is -2.47. The van der Waals surface area contributed by atoms with Crippen LogP contribution in [0.25, 0.3) is 10.9 Å². The molecule has 5 rings (SSSR count). The summed E-state index contributed by atoms with van der Waals surface area (Å²) in [6.07, 6.45) is -3.23. The molecule has 2 aliphatic rings. The molecule has 8 heteroatoms. The number of piperazine rings is 1. The van der Waals surface area contributed by atoms with Crippen LogP contribution in [-0.2, 0) is 6.18 Å². The minimum Gasteiger partial charge on any atom is -0.368 e. The number of piperidine rings is 1. The zero-order chi connectivity index (χ0) is 25.4. The van der Waals surface area contributed by atoms with Gasteiger partial charge in [-0.1, -0.05) is 38.1 Å². The van der Waals surface area contributed by atoms with Crippen LogP contribution in [0.4, 0.5) is 24.7 Å². The molecule has 0 radical (unpaired) electrons. The quantitative estimate of drug-likeness (QED) is 0.467. The maximum Gasteiger partial charge on any atom is 0.416 e. The molecule has 2 fully saturated rings. The Balaban J connectivity index is 1.38. The SMILES string of the molecule is CC1CC(C)CN(C(=O)c2cc(N3CCN(c4cccc(C(F)(F)F)c4)CC3)nc3ccccc23)C1. The molecule has 2 atom stereocenters. The van der Waals surface area contributed by atoms with E-state index >= 15 is 0 Å². The lowest BCUT2D eigenvalue weighted by atomic mass is 9.91. The van der Waals surface area contributed by atoms with Gasteiger partial charge in [-0.2, -0.15) is 13.2 Å². The highest BCUT2D eigenvalue weighted by atomic mass is 19.4. The fourth-order valence-electron chi connectivity index (χ4n) is 5.57. The Labute approximate surface area is 209 Å². The summed E-state index contributed by atoms with van der Waals surface area (Å²) in [6.45, 7) is 8.24. The van der Waals surface area contributed by atoms with E-state index in [9.17, 15) is 18.0 Å². The van der Waals surface area contributed by atoms with E-state index in [1.807, 2.05) is 40.1 Å². The van der Waals surface area contributed by atoms with Crippen LogP contribution in [0.15, 0.2) is 54.6 Å². The number of likely N-dealkylation sites (tertiary alicyclic amines) is 1. The van der Waals surface area contributed by atoms with E-state index in [1.165, 1.54) is 12.1 Å². The number of hydrogen-bond donors (Lipinski definition) is 0. The van der Waals surface area contributed by atoms with Gasteiger partial charge in [-0.05, 0) is 48.6 Å². The first kappa shape index (κ1) is 24.4. The van der Waals surface area contributed by atoms with Crippen LogP contribution < -0.4 is 9.80 Å². The van der Waals surface area contributed by atoms with Crippen LogP contribution >= 0.6 is 0 Å². The van der Waals surface area contributed by atoms with Gasteiger partial charge in [0.25, 0.3) is 5.91 Å². The summed E-state index contributed by atoms with van der Waals surface area (Å²) >= 11 is 0. The van der Waals surface area contributed by atoms with Gasteiger partial charge in [-0.15, -0.1) is 0 Å². The maximum absolute atomic E-state index is 13.7. The van der Waals surface area contributed by atoms with Crippen LogP contribution in [-0.4, -0.2) is 55.1 Å². The number of hydrogen-bond acceptors (Lipinski definition) is 4. The van der Waals surface area contributed by atoms with Crippen molar-refractivity contribution in [1.82, 2.24) is 9.88 Å². The molecular weight excluding hydrogens is 465 g/mol.